The summed E-state index contributed by atoms with van der Waals surface area (Å²) in [7, 11) is 1.36. The van der Waals surface area contributed by atoms with E-state index in [1.54, 1.807) is 22.8 Å². The van der Waals surface area contributed by atoms with E-state index in [4.69, 9.17) is 14.5 Å². The summed E-state index contributed by atoms with van der Waals surface area (Å²) in [6, 6.07) is 14.7. The van der Waals surface area contributed by atoms with E-state index >= 15 is 0 Å². The first-order chi connectivity index (χ1) is 14.1. The molecule has 6 nitrogen and oxygen atoms in total. The van der Waals surface area contributed by atoms with Crippen LogP contribution in [0.1, 0.15) is 29.3 Å². The number of esters is 1. The zero-order valence-corrected chi connectivity index (χ0v) is 17.4. The Morgan fingerprint density at radius 3 is 2.79 bits per heavy atom. The minimum Gasteiger partial charge on any atom is -0.465 e. The molecular formula is C22H24N2O4S. The van der Waals surface area contributed by atoms with Crippen molar-refractivity contribution in [3.63, 3.8) is 0 Å². The van der Waals surface area contributed by atoms with Crippen LogP contribution in [0.25, 0.3) is 10.9 Å². The largest absolute Gasteiger partial charge is 0.465 e. The Kier molecular flexibility index (Phi) is 7.43. The van der Waals surface area contributed by atoms with Crippen molar-refractivity contribution < 1.29 is 14.3 Å². The molecule has 0 saturated heterocycles. The highest BCUT2D eigenvalue weighted by Crippen LogP contribution is 2.23. The molecule has 0 radical (unpaired) electrons. The number of carbonyl (C=O) groups excluding carboxylic acids is 1. The zero-order valence-electron chi connectivity index (χ0n) is 16.6. The highest BCUT2D eigenvalue weighted by molar-refractivity contribution is 7.98. The lowest BCUT2D eigenvalue weighted by atomic mass is 10.1. The number of aromatic nitrogens is 2. The Balaban J connectivity index is 1.87. The molecular weight excluding hydrogens is 388 g/mol. The molecule has 2 aromatic carbocycles. The second kappa shape index (κ2) is 10.2. The third kappa shape index (κ3) is 5.25. The van der Waals surface area contributed by atoms with Gasteiger partial charge < -0.3 is 9.47 Å². The van der Waals surface area contributed by atoms with E-state index in [2.05, 4.69) is 0 Å². The number of benzene rings is 2. The number of para-hydroxylation sites is 1. The Hall–Kier alpha value is -2.64. The van der Waals surface area contributed by atoms with E-state index in [1.807, 2.05) is 37.3 Å². The molecule has 0 saturated carbocycles. The van der Waals surface area contributed by atoms with Crippen molar-refractivity contribution in [2.24, 2.45) is 0 Å². The van der Waals surface area contributed by atoms with Crippen LogP contribution in [0.5, 0.6) is 0 Å². The van der Waals surface area contributed by atoms with Crippen LogP contribution < -0.4 is 5.56 Å². The molecule has 0 N–H and O–H groups in total. The quantitative estimate of drug-likeness (QED) is 0.230. The minimum absolute atomic E-state index is 0.0436. The second-order valence-electron chi connectivity index (χ2n) is 6.40. The fourth-order valence-electron chi connectivity index (χ4n) is 2.98. The van der Waals surface area contributed by atoms with Gasteiger partial charge in [-0.1, -0.05) is 36.0 Å². The Morgan fingerprint density at radius 2 is 2.00 bits per heavy atom. The smallest absolute Gasteiger partial charge is 0.337 e. The maximum Gasteiger partial charge on any atom is 0.337 e. The van der Waals surface area contributed by atoms with Crippen LogP contribution in [-0.2, 0) is 21.8 Å². The number of nitrogens with zero attached hydrogens (tertiary/aromatic N) is 2. The van der Waals surface area contributed by atoms with Crippen molar-refractivity contribution in [2.75, 3.05) is 20.3 Å². The van der Waals surface area contributed by atoms with Crippen LogP contribution in [0.3, 0.4) is 0 Å². The number of rotatable bonds is 9. The molecule has 0 aliphatic heterocycles. The number of methoxy groups -OCH3 is 1. The second-order valence-corrected chi connectivity index (χ2v) is 7.34. The molecule has 1 heterocycles. The van der Waals surface area contributed by atoms with Crippen molar-refractivity contribution in [1.82, 2.24) is 9.55 Å². The summed E-state index contributed by atoms with van der Waals surface area (Å²) < 4.78 is 11.9. The molecule has 3 rings (SSSR count). The van der Waals surface area contributed by atoms with Crippen molar-refractivity contribution in [2.45, 2.75) is 30.8 Å². The van der Waals surface area contributed by atoms with E-state index in [0.29, 0.717) is 47.1 Å². The normalized spacial score (nSPS) is 11.0. The van der Waals surface area contributed by atoms with Gasteiger partial charge in [0.1, 0.15) is 0 Å². The van der Waals surface area contributed by atoms with Crippen LogP contribution >= 0.6 is 11.8 Å². The molecule has 3 aromatic rings. The Bertz CT molecular complexity index is 1050. The molecule has 0 aliphatic rings. The van der Waals surface area contributed by atoms with Gasteiger partial charge in [0, 0.05) is 25.5 Å². The van der Waals surface area contributed by atoms with Gasteiger partial charge in [0.2, 0.25) is 0 Å². The number of hydrogen-bond donors (Lipinski definition) is 0. The summed E-state index contributed by atoms with van der Waals surface area (Å²) in [5, 5.41) is 1.27. The number of carbonyl (C=O) groups is 1. The summed E-state index contributed by atoms with van der Waals surface area (Å²) in [6.45, 7) is 3.75. The zero-order chi connectivity index (χ0) is 20.6. The van der Waals surface area contributed by atoms with E-state index in [0.717, 1.165) is 12.0 Å². The number of hydrogen-bond acceptors (Lipinski definition) is 6. The van der Waals surface area contributed by atoms with Gasteiger partial charge in [-0.3, -0.25) is 9.36 Å². The molecule has 1 aromatic heterocycles. The predicted molar refractivity (Wildman–Crippen MR) is 114 cm³/mol. The summed E-state index contributed by atoms with van der Waals surface area (Å²) in [5.74, 6) is 0.217. The molecule has 0 fully saturated rings. The van der Waals surface area contributed by atoms with E-state index < -0.39 is 0 Å². The van der Waals surface area contributed by atoms with Gasteiger partial charge >= 0.3 is 5.97 Å². The minimum atomic E-state index is -0.367. The van der Waals surface area contributed by atoms with Gasteiger partial charge in [-0.2, -0.15) is 0 Å². The Labute approximate surface area is 173 Å². The van der Waals surface area contributed by atoms with Crippen LogP contribution in [0, 0.1) is 0 Å². The van der Waals surface area contributed by atoms with Gasteiger partial charge in [0.15, 0.2) is 5.16 Å². The summed E-state index contributed by atoms with van der Waals surface area (Å²) in [6.07, 6.45) is 0.735. The van der Waals surface area contributed by atoms with Gasteiger partial charge in [0.25, 0.3) is 5.56 Å². The lowest BCUT2D eigenvalue weighted by Gasteiger charge is -2.13. The molecule has 0 atom stereocenters. The van der Waals surface area contributed by atoms with E-state index in [9.17, 15) is 9.59 Å². The molecule has 0 unspecified atom stereocenters. The van der Waals surface area contributed by atoms with E-state index in [1.165, 1.54) is 18.9 Å². The summed E-state index contributed by atoms with van der Waals surface area (Å²) >= 11 is 1.48. The predicted octanol–water partition coefficient (Wildman–Crippen LogP) is 3.90. The summed E-state index contributed by atoms with van der Waals surface area (Å²) in [5.41, 5.74) is 2.11. The Morgan fingerprint density at radius 1 is 1.17 bits per heavy atom. The first-order valence-corrected chi connectivity index (χ1v) is 10.5. The molecule has 0 amide bonds. The number of fused-ring (bicyclic) bond motifs is 1. The maximum atomic E-state index is 13.0. The standard InChI is InChI=1S/C22H24N2O4S/c1-3-28-13-7-12-24-20(25)18-10-4-5-11-19(18)23-22(24)29-15-16-8-6-9-17(14-16)21(26)27-2/h4-6,8-11,14H,3,7,12-13,15H2,1-2H3. The molecule has 29 heavy (non-hydrogen) atoms. The molecule has 0 aliphatic carbocycles. The molecule has 7 heteroatoms. The lowest BCUT2D eigenvalue weighted by Crippen LogP contribution is -2.24. The number of thioether (sulfide) groups is 1. The fourth-order valence-corrected chi connectivity index (χ4v) is 3.95. The van der Waals surface area contributed by atoms with Crippen molar-refractivity contribution in [3.8, 4) is 0 Å². The first-order valence-electron chi connectivity index (χ1n) is 9.51. The SMILES string of the molecule is CCOCCCn1c(SCc2cccc(C(=O)OC)c2)nc2ccccc2c1=O. The van der Waals surface area contributed by atoms with Crippen LogP contribution in [0.15, 0.2) is 58.5 Å². The van der Waals surface area contributed by atoms with Crippen LogP contribution in [0.4, 0.5) is 0 Å². The van der Waals surface area contributed by atoms with E-state index in [-0.39, 0.29) is 11.5 Å². The molecule has 152 valence electrons. The monoisotopic (exact) mass is 412 g/mol. The van der Waals surface area contributed by atoms with Crippen molar-refractivity contribution in [3.05, 3.63) is 70.0 Å². The van der Waals surface area contributed by atoms with Crippen molar-refractivity contribution >= 4 is 28.6 Å². The van der Waals surface area contributed by atoms with Crippen molar-refractivity contribution in [1.29, 1.82) is 0 Å². The molecule has 0 spiro atoms. The maximum absolute atomic E-state index is 13.0. The van der Waals surface area contributed by atoms with Gasteiger partial charge in [-0.25, -0.2) is 9.78 Å². The third-order valence-corrected chi connectivity index (χ3v) is 5.46. The number of ether oxygens (including phenoxy) is 2. The van der Waals surface area contributed by atoms with Gasteiger partial charge in [0.05, 0.1) is 23.6 Å². The first kappa shape index (κ1) is 21.1. The van der Waals surface area contributed by atoms with Crippen LogP contribution in [0.2, 0.25) is 0 Å². The average Bonchev–Trinajstić information content (AvgIpc) is 2.76. The van der Waals surface area contributed by atoms with Crippen LogP contribution in [-0.4, -0.2) is 35.8 Å². The third-order valence-electron chi connectivity index (χ3n) is 4.42. The topological polar surface area (TPSA) is 70.4 Å². The summed E-state index contributed by atoms with van der Waals surface area (Å²) in [4.78, 5) is 29.5. The average molecular weight is 413 g/mol. The van der Waals surface area contributed by atoms with Gasteiger partial charge in [-0.15, -0.1) is 0 Å². The van der Waals surface area contributed by atoms with Gasteiger partial charge in [-0.05, 0) is 43.2 Å². The highest BCUT2D eigenvalue weighted by atomic mass is 32.2. The lowest BCUT2D eigenvalue weighted by molar-refractivity contribution is 0.0600. The molecule has 0 bridgehead atoms. The highest BCUT2D eigenvalue weighted by Gasteiger charge is 2.12. The fraction of sp³-hybridized carbons (Fsp3) is 0.318.